The molecule has 0 unspecified atom stereocenters. The van der Waals surface area contributed by atoms with Gasteiger partial charge in [-0.1, -0.05) is 35.9 Å². The summed E-state index contributed by atoms with van der Waals surface area (Å²) < 4.78 is 1.24. The Kier molecular flexibility index (Phi) is 3.62. The van der Waals surface area contributed by atoms with E-state index in [0.29, 0.717) is 10.9 Å². The highest BCUT2D eigenvalue weighted by Gasteiger charge is 2.11. The van der Waals surface area contributed by atoms with Crippen LogP contribution in [0.15, 0.2) is 59.7 Å². The average molecular weight is 346 g/mol. The van der Waals surface area contributed by atoms with Gasteiger partial charge in [0.15, 0.2) is 0 Å². The first-order valence-electron chi connectivity index (χ1n) is 7.91. The van der Waals surface area contributed by atoms with Gasteiger partial charge in [0.25, 0.3) is 5.56 Å². The third-order valence-electron chi connectivity index (χ3n) is 4.09. The van der Waals surface area contributed by atoms with Gasteiger partial charge < -0.3 is 5.11 Å². The predicted molar refractivity (Wildman–Crippen MR) is 96.6 cm³/mol. The zero-order valence-electron chi connectivity index (χ0n) is 13.8. The number of carbonyl (C=O) groups is 1. The number of H-pyrrole nitrogens is 1. The molecule has 2 aromatic heterocycles. The largest absolute Gasteiger partial charge is 0.478 e. The van der Waals surface area contributed by atoms with Crippen molar-refractivity contribution in [2.45, 2.75) is 6.92 Å². The first-order valence-corrected chi connectivity index (χ1v) is 7.91. The van der Waals surface area contributed by atoms with Crippen molar-refractivity contribution in [2.75, 3.05) is 0 Å². The minimum absolute atomic E-state index is 0.0151. The fraction of sp³-hybridized carbons (Fsp3) is 0.0526. The Morgan fingerprint density at radius 1 is 1.15 bits per heavy atom. The number of aromatic carboxylic acids is 1. The van der Waals surface area contributed by atoms with Crippen molar-refractivity contribution in [1.29, 1.82) is 0 Å². The van der Waals surface area contributed by atoms with E-state index in [-0.39, 0.29) is 17.1 Å². The molecule has 0 radical (unpaired) electrons. The topological polar surface area (TPSA) is 101 Å². The van der Waals surface area contributed by atoms with Crippen LogP contribution in [0.1, 0.15) is 15.9 Å². The minimum atomic E-state index is -1.10. The van der Waals surface area contributed by atoms with Crippen LogP contribution < -0.4 is 5.56 Å². The molecule has 0 aliphatic heterocycles. The van der Waals surface area contributed by atoms with E-state index in [2.05, 4.69) is 21.1 Å². The van der Waals surface area contributed by atoms with Gasteiger partial charge in [-0.15, -0.1) is 0 Å². The van der Waals surface area contributed by atoms with Gasteiger partial charge in [0.05, 0.1) is 22.7 Å². The van der Waals surface area contributed by atoms with Gasteiger partial charge in [-0.05, 0) is 30.2 Å². The molecule has 7 heteroatoms. The van der Waals surface area contributed by atoms with Crippen LogP contribution in [-0.2, 0) is 0 Å². The number of nitrogens with one attached hydrogen (secondary N) is 1. The Hall–Kier alpha value is -3.74. The van der Waals surface area contributed by atoms with Crippen molar-refractivity contribution in [1.82, 2.24) is 19.7 Å². The summed E-state index contributed by atoms with van der Waals surface area (Å²) in [5, 5.41) is 13.4. The molecule has 0 fully saturated rings. The average Bonchev–Trinajstić information content (AvgIpc) is 3.12. The van der Waals surface area contributed by atoms with Crippen LogP contribution in [0, 0.1) is 6.92 Å². The lowest BCUT2D eigenvalue weighted by molar-refractivity contribution is 0.0697. The Labute approximate surface area is 147 Å². The van der Waals surface area contributed by atoms with Gasteiger partial charge in [0.1, 0.15) is 0 Å². The van der Waals surface area contributed by atoms with E-state index in [4.69, 9.17) is 5.11 Å². The molecule has 0 spiro atoms. The first-order chi connectivity index (χ1) is 12.5. The third-order valence-corrected chi connectivity index (χ3v) is 4.09. The second kappa shape index (κ2) is 5.96. The zero-order valence-corrected chi connectivity index (χ0v) is 13.8. The Morgan fingerprint density at radius 3 is 2.69 bits per heavy atom. The first kappa shape index (κ1) is 15.8. The molecular formula is C19H14N4O3. The number of nitrogens with zero attached hydrogens (tertiary/aromatic N) is 3. The van der Waals surface area contributed by atoms with Gasteiger partial charge in [0.2, 0.25) is 5.95 Å². The molecule has 0 bridgehead atoms. The van der Waals surface area contributed by atoms with Crippen molar-refractivity contribution >= 4 is 16.9 Å². The smallest absolute Gasteiger partial charge is 0.338 e. The SMILES string of the molecule is Cc1cccc(-c2ccc3c(=O)[nH]c(-n4cc(C(=O)O)cn4)nc3c2)c1. The number of aryl methyl sites for hydroxylation is 1. The lowest BCUT2D eigenvalue weighted by Crippen LogP contribution is -2.13. The van der Waals surface area contributed by atoms with Gasteiger partial charge in [-0.2, -0.15) is 5.10 Å². The molecule has 0 amide bonds. The molecule has 128 valence electrons. The fourth-order valence-corrected chi connectivity index (χ4v) is 2.79. The Balaban J connectivity index is 1.86. The lowest BCUT2D eigenvalue weighted by Gasteiger charge is -2.06. The summed E-state index contributed by atoms with van der Waals surface area (Å²) in [6, 6.07) is 13.5. The highest BCUT2D eigenvalue weighted by Crippen LogP contribution is 2.23. The molecule has 4 rings (SSSR count). The number of carboxylic acids is 1. The molecule has 0 aliphatic rings. The van der Waals surface area contributed by atoms with Crippen LogP contribution >= 0.6 is 0 Å². The number of aromatic nitrogens is 4. The van der Waals surface area contributed by atoms with Crippen molar-refractivity contribution < 1.29 is 9.90 Å². The molecule has 2 heterocycles. The van der Waals surface area contributed by atoms with E-state index in [1.54, 1.807) is 6.07 Å². The van der Waals surface area contributed by atoms with Crippen molar-refractivity contribution in [3.05, 3.63) is 76.3 Å². The minimum Gasteiger partial charge on any atom is -0.478 e. The highest BCUT2D eigenvalue weighted by atomic mass is 16.4. The van der Waals surface area contributed by atoms with E-state index < -0.39 is 5.97 Å². The van der Waals surface area contributed by atoms with Crippen LogP contribution in [0.4, 0.5) is 0 Å². The number of carboxylic acid groups (broad SMARTS) is 1. The van der Waals surface area contributed by atoms with Crippen LogP contribution in [0.2, 0.25) is 0 Å². The lowest BCUT2D eigenvalue weighted by atomic mass is 10.0. The van der Waals surface area contributed by atoms with E-state index in [1.807, 2.05) is 37.3 Å². The van der Waals surface area contributed by atoms with E-state index >= 15 is 0 Å². The second-order valence-electron chi connectivity index (χ2n) is 5.97. The molecule has 26 heavy (non-hydrogen) atoms. The number of hydrogen-bond donors (Lipinski definition) is 2. The summed E-state index contributed by atoms with van der Waals surface area (Å²) in [5.74, 6) is -0.933. The van der Waals surface area contributed by atoms with Gasteiger partial charge in [-0.25, -0.2) is 14.5 Å². The summed E-state index contributed by atoms with van der Waals surface area (Å²) in [5.41, 5.74) is 3.32. The molecule has 2 aromatic carbocycles. The summed E-state index contributed by atoms with van der Waals surface area (Å²) in [6.45, 7) is 2.02. The molecule has 0 aliphatic carbocycles. The number of fused-ring (bicyclic) bond motifs is 1. The Bertz CT molecular complexity index is 1210. The molecule has 0 saturated heterocycles. The quantitative estimate of drug-likeness (QED) is 0.594. The zero-order chi connectivity index (χ0) is 18.3. The van der Waals surface area contributed by atoms with Crippen LogP contribution in [0.5, 0.6) is 0 Å². The number of rotatable bonds is 3. The van der Waals surface area contributed by atoms with Gasteiger partial charge >= 0.3 is 5.97 Å². The van der Waals surface area contributed by atoms with E-state index in [1.165, 1.54) is 17.1 Å². The maximum absolute atomic E-state index is 12.4. The standard InChI is InChI=1S/C19H14N4O3/c1-11-3-2-4-12(7-11)13-5-6-15-16(8-13)21-19(22-17(15)24)23-10-14(9-20-23)18(25)26/h2-10H,1H3,(H,25,26)(H,21,22,24). The normalized spacial score (nSPS) is 11.0. The molecule has 4 aromatic rings. The molecule has 2 N–H and O–H groups in total. The van der Waals surface area contributed by atoms with Crippen LogP contribution in [0.25, 0.3) is 28.0 Å². The van der Waals surface area contributed by atoms with Crippen LogP contribution in [0.3, 0.4) is 0 Å². The number of hydrogen-bond acceptors (Lipinski definition) is 4. The van der Waals surface area contributed by atoms with E-state index in [0.717, 1.165) is 16.7 Å². The molecule has 0 atom stereocenters. The summed E-state index contributed by atoms with van der Waals surface area (Å²) in [4.78, 5) is 30.4. The van der Waals surface area contributed by atoms with Crippen molar-refractivity contribution in [3.63, 3.8) is 0 Å². The Morgan fingerprint density at radius 2 is 1.96 bits per heavy atom. The highest BCUT2D eigenvalue weighted by molar-refractivity contribution is 5.87. The third kappa shape index (κ3) is 2.75. The van der Waals surface area contributed by atoms with Crippen molar-refractivity contribution in [2.24, 2.45) is 0 Å². The van der Waals surface area contributed by atoms with Gasteiger partial charge in [0, 0.05) is 6.20 Å². The maximum Gasteiger partial charge on any atom is 0.338 e. The van der Waals surface area contributed by atoms with E-state index in [9.17, 15) is 9.59 Å². The summed E-state index contributed by atoms with van der Waals surface area (Å²) in [6.07, 6.45) is 2.51. The molecule has 0 saturated carbocycles. The fourth-order valence-electron chi connectivity index (χ4n) is 2.79. The van der Waals surface area contributed by atoms with Crippen LogP contribution in [-0.4, -0.2) is 30.8 Å². The number of benzene rings is 2. The summed E-state index contributed by atoms with van der Waals surface area (Å²) in [7, 11) is 0. The molecule has 7 nitrogen and oxygen atoms in total. The maximum atomic E-state index is 12.4. The second-order valence-corrected chi connectivity index (χ2v) is 5.97. The van der Waals surface area contributed by atoms with Gasteiger partial charge in [-0.3, -0.25) is 9.78 Å². The predicted octanol–water partition coefficient (Wildman–Crippen LogP) is 2.78. The monoisotopic (exact) mass is 346 g/mol. The number of aromatic amines is 1. The summed E-state index contributed by atoms with van der Waals surface area (Å²) >= 11 is 0. The van der Waals surface area contributed by atoms with Crippen molar-refractivity contribution in [3.8, 4) is 17.1 Å². The molecular weight excluding hydrogens is 332 g/mol.